The fraction of sp³-hybridized carbons (Fsp3) is 0.714. The molecule has 1 aromatic rings. The molecule has 0 amide bonds. The van der Waals surface area contributed by atoms with Gasteiger partial charge in [-0.05, 0) is 33.8 Å². The van der Waals surface area contributed by atoms with Gasteiger partial charge in [0.1, 0.15) is 6.33 Å². The summed E-state index contributed by atoms with van der Waals surface area (Å²) in [5.74, 6) is 0. The molecule has 5 heteroatoms. The van der Waals surface area contributed by atoms with E-state index >= 15 is 0 Å². The number of hydrogen-bond acceptors (Lipinski definition) is 5. The smallest absolute Gasteiger partial charge is 0.115 e. The number of nitrogens with zero attached hydrogens (tertiary/aromatic N) is 3. The van der Waals surface area contributed by atoms with Crippen LogP contribution in [0.4, 0.5) is 0 Å². The van der Waals surface area contributed by atoms with E-state index in [0.29, 0.717) is 6.54 Å². The number of nitrogens with two attached hydrogens (primary N) is 1. The second kappa shape index (κ2) is 5.15. The summed E-state index contributed by atoms with van der Waals surface area (Å²) in [5, 5.41) is 0. The SMILES string of the molecule is CC1(C)CN(C(CN)c2ccncn2)CC(C)(C)O1. The van der Waals surface area contributed by atoms with Gasteiger partial charge in [-0.2, -0.15) is 0 Å². The predicted octanol–water partition coefficient (Wildman–Crippen LogP) is 1.37. The normalized spacial score (nSPS) is 24.1. The minimum atomic E-state index is -0.178. The quantitative estimate of drug-likeness (QED) is 0.893. The second-order valence-corrected chi connectivity index (χ2v) is 6.41. The van der Waals surface area contributed by atoms with E-state index in [0.717, 1.165) is 18.8 Å². The van der Waals surface area contributed by atoms with E-state index < -0.39 is 0 Å². The van der Waals surface area contributed by atoms with Gasteiger partial charge in [-0.3, -0.25) is 4.90 Å². The first-order valence-corrected chi connectivity index (χ1v) is 6.73. The van der Waals surface area contributed by atoms with Crippen molar-refractivity contribution >= 4 is 0 Å². The maximum absolute atomic E-state index is 6.11. The van der Waals surface area contributed by atoms with E-state index in [2.05, 4.69) is 42.6 Å². The Morgan fingerprint density at radius 2 is 1.95 bits per heavy atom. The van der Waals surface area contributed by atoms with Gasteiger partial charge in [0.05, 0.1) is 22.9 Å². The van der Waals surface area contributed by atoms with Crippen molar-refractivity contribution in [3.05, 3.63) is 24.3 Å². The Bertz CT molecular complexity index is 403. The van der Waals surface area contributed by atoms with Gasteiger partial charge in [-0.1, -0.05) is 0 Å². The fourth-order valence-corrected chi connectivity index (χ4v) is 3.02. The number of morpholine rings is 1. The molecule has 0 saturated carbocycles. The molecule has 1 atom stereocenters. The summed E-state index contributed by atoms with van der Waals surface area (Å²) in [6, 6.07) is 2.05. The third-order valence-corrected chi connectivity index (χ3v) is 3.33. The topological polar surface area (TPSA) is 64.3 Å². The van der Waals surface area contributed by atoms with Gasteiger partial charge in [0.2, 0.25) is 0 Å². The number of aromatic nitrogens is 2. The fourth-order valence-electron chi connectivity index (χ4n) is 3.02. The molecule has 1 saturated heterocycles. The Hall–Kier alpha value is -1.04. The Labute approximate surface area is 115 Å². The molecule has 2 heterocycles. The van der Waals surface area contributed by atoms with E-state index in [4.69, 9.17) is 10.5 Å². The molecule has 19 heavy (non-hydrogen) atoms. The lowest BCUT2D eigenvalue weighted by Crippen LogP contribution is -2.58. The summed E-state index contributed by atoms with van der Waals surface area (Å²) in [5.41, 5.74) is 6.59. The Kier molecular flexibility index (Phi) is 3.90. The lowest BCUT2D eigenvalue weighted by atomic mass is 9.96. The standard InChI is InChI=1S/C14H24N4O/c1-13(2)8-18(9-14(3,4)19-13)12(7-15)11-5-6-16-10-17-11/h5-6,10,12H,7-9,15H2,1-4H3. The Morgan fingerprint density at radius 3 is 2.42 bits per heavy atom. The van der Waals surface area contributed by atoms with Crippen molar-refractivity contribution in [2.75, 3.05) is 19.6 Å². The third kappa shape index (κ3) is 3.49. The van der Waals surface area contributed by atoms with Crippen molar-refractivity contribution in [1.82, 2.24) is 14.9 Å². The molecule has 1 fully saturated rings. The van der Waals surface area contributed by atoms with Gasteiger partial charge in [0.15, 0.2) is 0 Å². The molecule has 0 aliphatic carbocycles. The van der Waals surface area contributed by atoms with Gasteiger partial charge in [-0.15, -0.1) is 0 Å². The largest absolute Gasteiger partial charge is 0.367 e. The summed E-state index contributed by atoms with van der Waals surface area (Å²) < 4.78 is 6.11. The highest BCUT2D eigenvalue weighted by Crippen LogP contribution is 2.32. The molecular formula is C14H24N4O. The molecule has 0 bridgehead atoms. The molecule has 5 nitrogen and oxygen atoms in total. The van der Waals surface area contributed by atoms with Gasteiger partial charge in [0.25, 0.3) is 0 Å². The molecule has 1 aliphatic rings. The summed E-state index contributed by atoms with van der Waals surface area (Å²) in [4.78, 5) is 10.7. The summed E-state index contributed by atoms with van der Waals surface area (Å²) in [6.07, 6.45) is 3.34. The van der Waals surface area contributed by atoms with E-state index in [1.165, 1.54) is 0 Å². The van der Waals surface area contributed by atoms with Crippen LogP contribution in [0.2, 0.25) is 0 Å². The molecule has 0 aromatic carbocycles. The summed E-state index contributed by atoms with van der Waals surface area (Å²) >= 11 is 0. The minimum Gasteiger partial charge on any atom is -0.367 e. The maximum atomic E-state index is 6.11. The van der Waals surface area contributed by atoms with Crippen molar-refractivity contribution < 1.29 is 4.74 Å². The molecule has 1 unspecified atom stereocenters. The monoisotopic (exact) mass is 264 g/mol. The van der Waals surface area contributed by atoms with E-state index in [9.17, 15) is 0 Å². The highest BCUT2D eigenvalue weighted by atomic mass is 16.5. The van der Waals surface area contributed by atoms with E-state index in [1.807, 2.05) is 6.07 Å². The summed E-state index contributed by atoms with van der Waals surface area (Å²) in [6.45, 7) is 10.7. The number of hydrogen-bond donors (Lipinski definition) is 1. The van der Waals surface area contributed by atoms with Crippen molar-refractivity contribution in [3.63, 3.8) is 0 Å². The zero-order valence-electron chi connectivity index (χ0n) is 12.3. The molecule has 0 radical (unpaired) electrons. The molecule has 1 aromatic heterocycles. The van der Waals surface area contributed by atoms with Gasteiger partial charge in [-0.25, -0.2) is 9.97 Å². The van der Waals surface area contributed by atoms with Crippen LogP contribution >= 0.6 is 0 Å². The van der Waals surface area contributed by atoms with Crippen LogP contribution in [0.25, 0.3) is 0 Å². The van der Waals surface area contributed by atoms with Crippen LogP contribution in [0.3, 0.4) is 0 Å². The molecule has 2 N–H and O–H groups in total. The number of rotatable bonds is 3. The van der Waals surface area contributed by atoms with Crippen molar-refractivity contribution in [1.29, 1.82) is 0 Å². The zero-order valence-corrected chi connectivity index (χ0v) is 12.3. The molecule has 0 spiro atoms. The maximum Gasteiger partial charge on any atom is 0.115 e. The first kappa shape index (κ1) is 14.4. The minimum absolute atomic E-state index is 0.116. The molecule has 106 valence electrons. The van der Waals surface area contributed by atoms with E-state index in [1.54, 1.807) is 12.5 Å². The van der Waals surface area contributed by atoms with Crippen LogP contribution in [-0.4, -0.2) is 45.7 Å². The Morgan fingerprint density at radius 1 is 1.32 bits per heavy atom. The van der Waals surface area contributed by atoms with Crippen LogP contribution in [0.1, 0.15) is 39.4 Å². The lowest BCUT2D eigenvalue weighted by molar-refractivity contribution is -0.187. The van der Waals surface area contributed by atoms with Crippen LogP contribution in [-0.2, 0) is 4.74 Å². The summed E-state index contributed by atoms with van der Waals surface area (Å²) in [7, 11) is 0. The highest BCUT2D eigenvalue weighted by Gasteiger charge is 2.40. The van der Waals surface area contributed by atoms with Gasteiger partial charge < -0.3 is 10.5 Å². The zero-order chi connectivity index (χ0) is 14.1. The van der Waals surface area contributed by atoms with Crippen LogP contribution in [0.5, 0.6) is 0 Å². The first-order valence-electron chi connectivity index (χ1n) is 6.73. The predicted molar refractivity (Wildman–Crippen MR) is 74.6 cm³/mol. The second-order valence-electron chi connectivity index (χ2n) is 6.41. The molecular weight excluding hydrogens is 240 g/mol. The Balaban J connectivity index is 2.23. The van der Waals surface area contributed by atoms with Gasteiger partial charge in [0, 0.05) is 25.8 Å². The first-order chi connectivity index (χ1) is 8.83. The lowest BCUT2D eigenvalue weighted by Gasteiger charge is -2.49. The van der Waals surface area contributed by atoms with E-state index in [-0.39, 0.29) is 17.2 Å². The van der Waals surface area contributed by atoms with Crippen molar-refractivity contribution in [3.8, 4) is 0 Å². The average Bonchev–Trinajstić information content (AvgIpc) is 2.27. The van der Waals surface area contributed by atoms with Crippen LogP contribution < -0.4 is 5.73 Å². The van der Waals surface area contributed by atoms with Crippen molar-refractivity contribution in [2.45, 2.75) is 44.9 Å². The van der Waals surface area contributed by atoms with Gasteiger partial charge >= 0.3 is 0 Å². The van der Waals surface area contributed by atoms with Crippen molar-refractivity contribution in [2.24, 2.45) is 5.73 Å². The average molecular weight is 264 g/mol. The third-order valence-electron chi connectivity index (χ3n) is 3.33. The molecule has 1 aliphatic heterocycles. The van der Waals surface area contributed by atoms with Crippen LogP contribution in [0, 0.1) is 0 Å². The van der Waals surface area contributed by atoms with Crippen LogP contribution in [0.15, 0.2) is 18.6 Å². The molecule has 2 rings (SSSR count). The number of ether oxygens (including phenoxy) is 1. The highest BCUT2D eigenvalue weighted by molar-refractivity contribution is 5.07.